The molecule has 0 saturated carbocycles. The van der Waals surface area contributed by atoms with E-state index in [1.165, 1.54) is 0 Å². The van der Waals surface area contributed by atoms with Gasteiger partial charge < -0.3 is 9.47 Å². The fourth-order valence-electron chi connectivity index (χ4n) is 1.61. The summed E-state index contributed by atoms with van der Waals surface area (Å²) >= 11 is 11.0. The van der Waals surface area contributed by atoms with Crippen molar-refractivity contribution in [3.8, 4) is 22.6 Å². The van der Waals surface area contributed by atoms with E-state index in [1.54, 1.807) is 0 Å². The van der Waals surface area contributed by atoms with Gasteiger partial charge in [0.2, 0.25) is 0 Å². The number of alkyl halides is 2. The lowest BCUT2D eigenvalue weighted by atomic mass is 10.1. The van der Waals surface area contributed by atoms with Crippen molar-refractivity contribution in [1.82, 2.24) is 0 Å². The lowest BCUT2D eigenvalue weighted by Gasteiger charge is -2.06. The molecule has 0 aliphatic carbocycles. The summed E-state index contributed by atoms with van der Waals surface area (Å²) in [5, 5.41) is 0. The van der Waals surface area contributed by atoms with Gasteiger partial charge in [0.25, 0.3) is 0 Å². The fourth-order valence-corrected chi connectivity index (χ4v) is 1.87. The lowest BCUT2D eigenvalue weighted by molar-refractivity contribution is 0.388. The van der Waals surface area contributed by atoms with Crippen LogP contribution >= 0.6 is 23.2 Å². The first-order chi connectivity index (χ1) is 8.83. The Hall–Kier alpha value is -1.38. The normalized spacial score (nSPS) is 10.1. The standard InChI is InChI=1S/C14H12Cl2O2/c15-9-17-13-5-1-11(2-6-13)12-3-7-14(8-4-12)18-10-16/h1-8H,9-10H2. The zero-order valence-corrected chi connectivity index (χ0v) is 11.1. The van der Waals surface area contributed by atoms with Crippen LogP contribution in [-0.2, 0) is 0 Å². The van der Waals surface area contributed by atoms with Crippen LogP contribution in [0, 0.1) is 0 Å². The second-order valence-electron chi connectivity index (χ2n) is 3.56. The van der Waals surface area contributed by atoms with Crippen LogP contribution in [0.25, 0.3) is 11.1 Å². The van der Waals surface area contributed by atoms with Crippen molar-refractivity contribution in [2.45, 2.75) is 0 Å². The molecule has 0 amide bonds. The molecule has 2 aromatic carbocycles. The Morgan fingerprint density at radius 1 is 0.611 bits per heavy atom. The minimum atomic E-state index is 0.157. The van der Waals surface area contributed by atoms with E-state index in [1.807, 2.05) is 48.5 Å². The van der Waals surface area contributed by atoms with E-state index in [2.05, 4.69) is 0 Å². The lowest BCUT2D eigenvalue weighted by Crippen LogP contribution is -1.89. The van der Waals surface area contributed by atoms with E-state index >= 15 is 0 Å². The summed E-state index contributed by atoms with van der Waals surface area (Å²) in [7, 11) is 0. The van der Waals surface area contributed by atoms with E-state index in [0.29, 0.717) is 0 Å². The molecule has 0 radical (unpaired) electrons. The van der Waals surface area contributed by atoms with E-state index in [0.717, 1.165) is 22.6 Å². The molecule has 0 atom stereocenters. The topological polar surface area (TPSA) is 18.5 Å². The van der Waals surface area contributed by atoms with Crippen molar-refractivity contribution in [2.24, 2.45) is 0 Å². The van der Waals surface area contributed by atoms with Gasteiger partial charge >= 0.3 is 0 Å². The van der Waals surface area contributed by atoms with E-state index < -0.39 is 0 Å². The summed E-state index contributed by atoms with van der Waals surface area (Å²) in [6.45, 7) is 0. The summed E-state index contributed by atoms with van der Waals surface area (Å²) in [4.78, 5) is 0. The van der Waals surface area contributed by atoms with Gasteiger partial charge in [0.05, 0.1) is 0 Å². The van der Waals surface area contributed by atoms with Crippen molar-refractivity contribution >= 4 is 23.2 Å². The first-order valence-electron chi connectivity index (χ1n) is 5.41. The van der Waals surface area contributed by atoms with Crippen LogP contribution in [0.4, 0.5) is 0 Å². The second-order valence-corrected chi connectivity index (χ2v) is 3.99. The maximum absolute atomic E-state index is 5.49. The van der Waals surface area contributed by atoms with Gasteiger partial charge in [0.1, 0.15) is 11.5 Å². The molecule has 0 bridgehead atoms. The molecule has 18 heavy (non-hydrogen) atoms. The molecule has 2 rings (SSSR count). The van der Waals surface area contributed by atoms with E-state index in [4.69, 9.17) is 32.7 Å². The SMILES string of the molecule is ClCOc1ccc(-c2ccc(OCCl)cc2)cc1. The van der Waals surface area contributed by atoms with Gasteiger partial charge in [-0.15, -0.1) is 0 Å². The first kappa shape index (κ1) is 13.1. The summed E-state index contributed by atoms with van der Waals surface area (Å²) < 4.78 is 10.4. The highest BCUT2D eigenvalue weighted by molar-refractivity contribution is 6.17. The third-order valence-corrected chi connectivity index (χ3v) is 2.70. The minimum absolute atomic E-state index is 0.157. The van der Waals surface area contributed by atoms with Crippen molar-refractivity contribution < 1.29 is 9.47 Å². The van der Waals surface area contributed by atoms with Crippen molar-refractivity contribution in [3.63, 3.8) is 0 Å². The van der Waals surface area contributed by atoms with Gasteiger partial charge in [-0.05, 0) is 35.4 Å². The third-order valence-electron chi connectivity index (χ3n) is 2.48. The highest BCUT2D eigenvalue weighted by Gasteiger charge is 1.99. The van der Waals surface area contributed by atoms with Gasteiger partial charge in [0.15, 0.2) is 12.1 Å². The Labute approximate surface area is 116 Å². The maximum atomic E-state index is 5.49. The van der Waals surface area contributed by atoms with Gasteiger partial charge in [-0.1, -0.05) is 47.5 Å². The maximum Gasteiger partial charge on any atom is 0.162 e. The van der Waals surface area contributed by atoms with Crippen LogP contribution in [0.15, 0.2) is 48.5 Å². The number of benzene rings is 2. The van der Waals surface area contributed by atoms with Crippen LogP contribution in [-0.4, -0.2) is 12.1 Å². The molecule has 94 valence electrons. The van der Waals surface area contributed by atoms with Crippen molar-refractivity contribution in [3.05, 3.63) is 48.5 Å². The van der Waals surface area contributed by atoms with Crippen LogP contribution in [0.5, 0.6) is 11.5 Å². The van der Waals surface area contributed by atoms with E-state index in [9.17, 15) is 0 Å². The number of halogens is 2. The number of hydrogen-bond donors (Lipinski definition) is 0. The molecule has 0 fully saturated rings. The van der Waals surface area contributed by atoms with Crippen LogP contribution in [0.1, 0.15) is 0 Å². The Morgan fingerprint density at radius 3 is 1.22 bits per heavy atom. The molecular formula is C14H12Cl2O2. The zero-order valence-electron chi connectivity index (χ0n) is 9.61. The Morgan fingerprint density at radius 2 is 0.944 bits per heavy atom. The molecule has 0 saturated heterocycles. The Kier molecular flexibility index (Phi) is 4.73. The first-order valence-corrected chi connectivity index (χ1v) is 6.48. The number of hydrogen-bond acceptors (Lipinski definition) is 2. The molecule has 2 nitrogen and oxygen atoms in total. The molecule has 0 spiro atoms. The molecule has 0 unspecified atom stereocenters. The number of rotatable bonds is 5. The van der Waals surface area contributed by atoms with Gasteiger partial charge in [-0.3, -0.25) is 0 Å². The second kappa shape index (κ2) is 6.53. The fraction of sp³-hybridized carbons (Fsp3) is 0.143. The minimum Gasteiger partial charge on any atom is -0.478 e. The summed E-state index contributed by atoms with van der Waals surface area (Å²) in [6.07, 6.45) is 0. The molecule has 0 aromatic heterocycles. The van der Waals surface area contributed by atoms with Gasteiger partial charge in [0, 0.05) is 0 Å². The summed E-state index contributed by atoms with van der Waals surface area (Å²) in [5.41, 5.74) is 2.21. The summed E-state index contributed by atoms with van der Waals surface area (Å²) in [6, 6.07) is 15.8. The predicted molar refractivity (Wildman–Crippen MR) is 74.6 cm³/mol. The average Bonchev–Trinajstić information content (AvgIpc) is 2.41. The van der Waals surface area contributed by atoms with Gasteiger partial charge in [-0.25, -0.2) is 0 Å². The van der Waals surface area contributed by atoms with E-state index in [-0.39, 0.29) is 12.1 Å². The van der Waals surface area contributed by atoms with Gasteiger partial charge in [-0.2, -0.15) is 0 Å². The predicted octanol–water partition coefficient (Wildman–Crippen LogP) is 4.50. The number of ether oxygens (including phenoxy) is 2. The highest BCUT2D eigenvalue weighted by atomic mass is 35.5. The summed E-state index contributed by atoms with van der Waals surface area (Å²) in [5.74, 6) is 1.52. The molecule has 0 aliphatic rings. The van der Waals surface area contributed by atoms with Crippen LogP contribution in [0.2, 0.25) is 0 Å². The molecule has 0 heterocycles. The quantitative estimate of drug-likeness (QED) is 0.752. The smallest absolute Gasteiger partial charge is 0.162 e. The highest BCUT2D eigenvalue weighted by Crippen LogP contribution is 2.24. The molecule has 4 heteroatoms. The monoisotopic (exact) mass is 282 g/mol. The average molecular weight is 283 g/mol. The molecule has 0 N–H and O–H groups in total. The van der Waals surface area contributed by atoms with Crippen LogP contribution < -0.4 is 9.47 Å². The molecule has 2 aromatic rings. The van der Waals surface area contributed by atoms with Crippen molar-refractivity contribution in [2.75, 3.05) is 12.1 Å². The molecular weight excluding hydrogens is 271 g/mol. The third kappa shape index (κ3) is 3.31. The zero-order chi connectivity index (χ0) is 12.8. The Bertz CT molecular complexity index is 433. The molecule has 0 aliphatic heterocycles. The van der Waals surface area contributed by atoms with Crippen molar-refractivity contribution in [1.29, 1.82) is 0 Å². The Balaban J connectivity index is 2.15. The largest absolute Gasteiger partial charge is 0.478 e. The van der Waals surface area contributed by atoms with Crippen LogP contribution in [0.3, 0.4) is 0 Å².